The van der Waals surface area contributed by atoms with E-state index in [1.54, 1.807) is 0 Å². The largest absolute Gasteiger partial charge is 0.443 e. The van der Waals surface area contributed by atoms with Gasteiger partial charge in [0.25, 0.3) is 0 Å². The van der Waals surface area contributed by atoms with Crippen molar-refractivity contribution in [2.24, 2.45) is 0 Å². The number of aliphatic hydroxyl groups excluding tert-OH is 1. The van der Waals surface area contributed by atoms with E-state index in [0.717, 1.165) is 35.9 Å². The Kier molecular flexibility index (Phi) is 3.57. The molecule has 16 heavy (non-hydrogen) atoms. The van der Waals surface area contributed by atoms with Gasteiger partial charge in [-0.05, 0) is 30.5 Å². The SMILES string of the molecule is CCCCC(O)Cc1ccc2ncoc2c1. The summed E-state index contributed by atoms with van der Waals surface area (Å²) in [5, 5.41) is 9.81. The van der Waals surface area contributed by atoms with Crippen LogP contribution in [0.3, 0.4) is 0 Å². The lowest BCUT2D eigenvalue weighted by Crippen LogP contribution is -2.09. The summed E-state index contributed by atoms with van der Waals surface area (Å²) in [5.41, 5.74) is 2.76. The van der Waals surface area contributed by atoms with Crippen LogP contribution in [0.5, 0.6) is 0 Å². The molecule has 1 aromatic carbocycles. The molecule has 3 heteroatoms. The zero-order chi connectivity index (χ0) is 11.4. The van der Waals surface area contributed by atoms with Crippen molar-refractivity contribution in [1.29, 1.82) is 0 Å². The van der Waals surface area contributed by atoms with Gasteiger partial charge in [-0.2, -0.15) is 0 Å². The molecule has 0 amide bonds. The number of fused-ring (bicyclic) bond motifs is 1. The molecule has 1 heterocycles. The van der Waals surface area contributed by atoms with E-state index in [2.05, 4.69) is 11.9 Å². The van der Waals surface area contributed by atoms with Crippen LogP contribution >= 0.6 is 0 Å². The fraction of sp³-hybridized carbons (Fsp3) is 0.462. The van der Waals surface area contributed by atoms with E-state index in [1.807, 2.05) is 18.2 Å². The molecule has 0 saturated heterocycles. The number of nitrogens with zero attached hydrogens (tertiary/aromatic N) is 1. The van der Waals surface area contributed by atoms with Gasteiger partial charge in [-0.15, -0.1) is 0 Å². The van der Waals surface area contributed by atoms with Crippen LogP contribution in [0.25, 0.3) is 11.1 Å². The van der Waals surface area contributed by atoms with Crippen molar-refractivity contribution in [3.05, 3.63) is 30.2 Å². The van der Waals surface area contributed by atoms with Crippen LogP contribution in [-0.2, 0) is 6.42 Å². The number of aliphatic hydroxyl groups is 1. The van der Waals surface area contributed by atoms with E-state index >= 15 is 0 Å². The van der Waals surface area contributed by atoms with E-state index in [9.17, 15) is 5.11 Å². The number of hydrogen-bond donors (Lipinski definition) is 1. The fourth-order valence-electron chi connectivity index (χ4n) is 1.84. The zero-order valence-electron chi connectivity index (χ0n) is 9.52. The Morgan fingerprint density at radius 2 is 2.31 bits per heavy atom. The van der Waals surface area contributed by atoms with Crippen LogP contribution in [0.4, 0.5) is 0 Å². The van der Waals surface area contributed by atoms with E-state index < -0.39 is 0 Å². The lowest BCUT2D eigenvalue weighted by molar-refractivity contribution is 0.162. The van der Waals surface area contributed by atoms with Gasteiger partial charge in [0.2, 0.25) is 0 Å². The van der Waals surface area contributed by atoms with Gasteiger partial charge >= 0.3 is 0 Å². The molecule has 1 aromatic heterocycles. The predicted octanol–water partition coefficient (Wildman–Crippen LogP) is 2.92. The molecular weight excluding hydrogens is 202 g/mol. The molecule has 0 saturated carbocycles. The van der Waals surface area contributed by atoms with Crippen molar-refractivity contribution in [3.8, 4) is 0 Å². The zero-order valence-corrected chi connectivity index (χ0v) is 9.52. The van der Waals surface area contributed by atoms with E-state index in [4.69, 9.17) is 4.42 Å². The molecule has 0 radical (unpaired) electrons. The molecule has 0 aliphatic carbocycles. The Labute approximate surface area is 95.1 Å². The van der Waals surface area contributed by atoms with E-state index in [1.165, 1.54) is 6.39 Å². The minimum atomic E-state index is -0.250. The smallest absolute Gasteiger partial charge is 0.181 e. The van der Waals surface area contributed by atoms with Gasteiger partial charge < -0.3 is 9.52 Å². The van der Waals surface area contributed by atoms with Crippen molar-refractivity contribution in [3.63, 3.8) is 0 Å². The first-order chi connectivity index (χ1) is 7.79. The first-order valence-corrected chi connectivity index (χ1v) is 5.80. The molecule has 86 valence electrons. The van der Waals surface area contributed by atoms with Gasteiger partial charge in [0.15, 0.2) is 12.0 Å². The minimum absolute atomic E-state index is 0.250. The Morgan fingerprint density at radius 3 is 3.12 bits per heavy atom. The molecule has 1 unspecified atom stereocenters. The Balaban J connectivity index is 2.03. The third-order valence-corrected chi connectivity index (χ3v) is 2.76. The Hall–Kier alpha value is -1.35. The van der Waals surface area contributed by atoms with Crippen LogP contribution in [-0.4, -0.2) is 16.2 Å². The van der Waals surface area contributed by atoms with Gasteiger partial charge in [-0.3, -0.25) is 0 Å². The van der Waals surface area contributed by atoms with Gasteiger partial charge in [-0.1, -0.05) is 25.8 Å². The lowest BCUT2D eigenvalue weighted by atomic mass is 10.0. The highest BCUT2D eigenvalue weighted by molar-refractivity contribution is 5.72. The molecule has 2 aromatic rings. The average molecular weight is 219 g/mol. The minimum Gasteiger partial charge on any atom is -0.443 e. The number of benzene rings is 1. The molecule has 1 N–H and O–H groups in total. The normalized spacial score (nSPS) is 13.1. The van der Waals surface area contributed by atoms with Gasteiger partial charge in [0, 0.05) is 0 Å². The number of hydrogen-bond acceptors (Lipinski definition) is 3. The second kappa shape index (κ2) is 5.12. The highest BCUT2D eigenvalue weighted by atomic mass is 16.3. The summed E-state index contributed by atoms with van der Waals surface area (Å²) in [4.78, 5) is 4.06. The van der Waals surface area contributed by atoms with E-state index in [0.29, 0.717) is 6.42 Å². The third kappa shape index (κ3) is 2.61. The molecule has 0 aliphatic heterocycles. The van der Waals surface area contributed by atoms with Crippen LogP contribution in [0, 0.1) is 0 Å². The predicted molar refractivity (Wildman–Crippen MR) is 63.2 cm³/mol. The maximum atomic E-state index is 9.81. The number of aromatic nitrogens is 1. The average Bonchev–Trinajstić information content (AvgIpc) is 2.73. The maximum Gasteiger partial charge on any atom is 0.181 e. The summed E-state index contributed by atoms with van der Waals surface area (Å²) >= 11 is 0. The standard InChI is InChI=1S/C13H17NO2/c1-2-3-4-11(15)7-10-5-6-12-13(8-10)16-9-14-12/h5-6,8-9,11,15H,2-4,7H2,1H3. The number of unbranched alkanes of at least 4 members (excludes halogenated alkanes) is 1. The van der Waals surface area contributed by atoms with Crippen molar-refractivity contribution >= 4 is 11.1 Å². The fourth-order valence-corrected chi connectivity index (χ4v) is 1.84. The highest BCUT2D eigenvalue weighted by Crippen LogP contribution is 2.16. The maximum absolute atomic E-state index is 9.81. The van der Waals surface area contributed by atoms with E-state index in [-0.39, 0.29) is 6.10 Å². The summed E-state index contributed by atoms with van der Waals surface area (Å²) in [6.45, 7) is 2.13. The topological polar surface area (TPSA) is 46.3 Å². The summed E-state index contributed by atoms with van der Waals surface area (Å²) in [6.07, 6.45) is 4.95. The second-order valence-electron chi connectivity index (χ2n) is 4.15. The molecular formula is C13H17NO2. The second-order valence-corrected chi connectivity index (χ2v) is 4.15. The van der Waals surface area contributed by atoms with Crippen molar-refractivity contribution in [1.82, 2.24) is 4.98 Å². The van der Waals surface area contributed by atoms with Gasteiger partial charge in [-0.25, -0.2) is 4.98 Å². The summed E-state index contributed by atoms with van der Waals surface area (Å²) in [5.74, 6) is 0. The first kappa shape index (κ1) is 11.1. The summed E-state index contributed by atoms with van der Waals surface area (Å²) in [7, 11) is 0. The molecule has 3 nitrogen and oxygen atoms in total. The quantitative estimate of drug-likeness (QED) is 0.841. The summed E-state index contributed by atoms with van der Waals surface area (Å²) in [6, 6.07) is 5.89. The summed E-state index contributed by atoms with van der Waals surface area (Å²) < 4.78 is 5.23. The van der Waals surface area contributed by atoms with Crippen molar-refractivity contribution < 1.29 is 9.52 Å². The van der Waals surface area contributed by atoms with Crippen molar-refractivity contribution in [2.45, 2.75) is 38.7 Å². The molecule has 2 rings (SSSR count). The van der Waals surface area contributed by atoms with Crippen LogP contribution in [0.15, 0.2) is 29.0 Å². The molecule has 0 aliphatic rings. The van der Waals surface area contributed by atoms with Gasteiger partial charge in [0.05, 0.1) is 6.10 Å². The van der Waals surface area contributed by atoms with Crippen molar-refractivity contribution in [2.75, 3.05) is 0 Å². The monoisotopic (exact) mass is 219 g/mol. The number of oxazole rings is 1. The van der Waals surface area contributed by atoms with Crippen LogP contribution in [0.1, 0.15) is 31.7 Å². The molecule has 0 bridgehead atoms. The molecule has 1 atom stereocenters. The third-order valence-electron chi connectivity index (χ3n) is 2.76. The lowest BCUT2D eigenvalue weighted by Gasteiger charge is -2.09. The number of rotatable bonds is 5. The molecule has 0 spiro atoms. The van der Waals surface area contributed by atoms with Crippen LogP contribution < -0.4 is 0 Å². The first-order valence-electron chi connectivity index (χ1n) is 5.80. The van der Waals surface area contributed by atoms with Crippen LogP contribution in [0.2, 0.25) is 0 Å². The Morgan fingerprint density at radius 1 is 1.44 bits per heavy atom. The molecule has 0 fully saturated rings. The Bertz CT molecular complexity index is 450. The van der Waals surface area contributed by atoms with Gasteiger partial charge in [0.1, 0.15) is 5.52 Å². The highest BCUT2D eigenvalue weighted by Gasteiger charge is 2.06.